The minimum absolute atomic E-state index is 0. The van der Waals surface area contributed by atoms with Gasteiger partial charge in [-0.3, -0.25) is 4.79 Å². The molecule has 0 aliphatic heterocycles. The van der Waals surface area contributed by atoms with Crippen LogP contribution in [0.5, 0.6) is 5.75 Å². The minimum Gasteiger partial charge on any atom is -0.496 e. The van der Waals surface area contributed by atoms with Gasteiger partial charge in [0.15, 0.2) is 0 Å². The molecule has 5 heteroatoms. The zero-order valence-corrected chi connectivity index (χ0v) is 15.4. The van der Waals surface area contributed by atoms with Crippen molar-refractivity contribution >= 4 is 18.3 Å². The molecule has 0 aromatic heterocycles. The Kier molecular flexibility index (Phi) is 7.36. The van der Waals surface area contributed by atoms with Gasteiger partial charge in [-0.05, 0) is 55.8 Å². The minimum atomic E-state index is 0. The summed E-state index contributed by atoms with van der Waals surface area (Å²) < 4.78 is 5.40. The van der Waals surface area contributed by atoms with Crippen molar-refractivity contribution in [3.63, 3.8) is 0 Å². The van der Waals surface area contributed by atoms with E-state index in [1.165, 1.54) is 0 Å². The fourth-order valence-electron chi connectivity index (χ4n) is 3.73. The maximum Gasteiger partial charge on any atom is 0.226 e. The molecule has 2 atom stereocenters. The highest BCUT2D eigenvalue weighted by Gasteiger charge is 2.33. The van der Waals surface area contributed by atoms with Crippen LogP contribution in [-0.2, 0) is 11.3 Å². The van der Waals surface area contributed by atoms with Crippen LogP contribution in [0.2, 0.25) is 0 Å². The number of nitrogens with zero attached hydrogens (tertiary/aromatic N) is 1. The van der Waals surface area contributed by atoms with E-state index in [9.17, 15) is 4.79 Å². The molecule has 1 amide bonds. The van der Waals surface area contributed by atoms with E-state index in [2.05, 4.69) is 12.1 Å². The summed E-state index contributed by atoms with van der Waals surface area (Å²) in [6.45, 7) is 5.33. The molecule has 2 N–H and O–H groups in total. The number of carbonyl (C=O) groups excluding carboxylic acids is 1. The van der Waals surface area contributed by atoms with Gasteiger partial charge < -0.3 is 15.4 Å². The molecule has 1 aliphatic carbocycles. The molecule has 0 spiro atoms. The number of methoxy groups -OCH3 is 1. The number of rotatable bonds is 5. The van der Waals surface area contributed by atoms with Crippen LogP contribution in [0.4, 0.5) is 0 Å². The molecule has 2 rings (SSSR count). The van der Waals surface area contributed by atoms with E-state index in [1.54, 1.807) is 7.11 Å². The van der Waals surface area contributed by atoms with E-state index in [0.717, 1.165) is 41.7 Å². The third-order valence-corrected chi connectivity index (χ3v) is 4.80. The summed E-state index contributed by atoms with van der Waals surface area (Å²) in [7, 11) is 3.58. The quantitative estimate of drug-likeness (QED) is 0.896. The lowest BCUT2D eigenvalue weighted by molar-refractivity contribution is -0.135. The van der Waals surface area contributed by atoms with Crippen LogP contribution >= 0.6 is 12.4 Å². The van der Waals surface area contributed by atoms with Crippen molar-refractivity contribution in [1.82, 2.24) is 4.90 Å². The van der Waals surface area contributed by atoms with Crippen LogP contribution in [-0.4, -0.2) is 31.5 Å². The molecule has 1 aliphatic rings. The number of ether oxygens (including phenoxy) is 1. The lowest BCUT2D eigenvalue weighted by Gasteiger charge is -2.25. The molecule has 1 saturated carbocycles. The van der Waals surface area contributed by atoms with Gasteiger partial charge in [-0.2, -0.15) is 0 Å². The monoisotopic (exact) mass is 340 g/mol. The van der Waals surface area contributed by atoms with Crippen molar-refractivity contribution in [2.75, 3.05) is 20.7 Å². The number of carbonyl (C=O) groups is 1. The average molecular weight is 341 g/mol. The highest BCUT2D eigenvalue weighted by atomic mass is 35.5. The Morgan fingerprint density at radius 1 is 1.30 bits per heavy atom. The molecule has 130 valence electrons. The number of aryl methyl sites for hydroxylation is 2. The van der Waals surface area contributed by atoms with E-state index in [-0.39, 0.29) is 24.2 Å². The Morgan fingerprint density at radius 2 is 1.91 bits per heavy atom. The van der Waals surface area contributed by atoms with Crippen LogP contribution in [0.15, 0.2) is 12.1 Å². The Bertz CT molecular complexity index is 525. The summed E-state index contributed by atoms with van der Waals surface area (Å²) in [5, 5.41) is 0. The van der Waals surface area contributed by atoms with Crippen molar-refractivity contribution in [3.8, 4) is 5.75 Å². The van der Waals surface area contributed by atoms with Crippen molar-refractivity contribution in [2.24, 2.45) is 17.6 Å². The predicted octanol–water partition coefficient (Wildman–Crippen LogP) is 3.07. The topological polar surface area (TPSA) is 55.6 Å². The van der Waals surface area contributed by atoms with Gasteiger partial charge >= 0.3 is 0 Å². The third-order valence-electron chi connectivity index (χ3n) is 4.80. The Hall–Kier alpha value is -1.26. The van der Waals surface area contributed by atoms with Crippen molar-refractivity contribution in [3.05, 3.63) is 28.8 Å². The molecule has 0 saturated heterocycles. The third kappa shape index (κ3) is 4.39. The lowest BCUT2D eigenvalue weighted by atomic mass is 9.94. The van der Waals surface area contributed by atoms with Gasteiger partial charge in [0.2, 0.25) is 5.91 Å². The van der Waals surface area contributed by atoms with Crippen molar-refractivity contribution in [1.29, 1.82) is 0 Å². The van der Waals surface area contributed by atoms with Gasteiger partial charge in [-0.15, -0.1) is 12.4 Å². The second-order valence-electron chi connectivity index (χ2n) is 6.49. The number of halogens is 1. The summed E-state index contributed by atoms with van der Waals surface area (Å²) in [5.74, 6) is 1.63. The molecule has 0 radical (unpaired) electrons. The molecular weight excluding hydrogens is 312 g/mol. The van der Waals surface area contributed by atoms with Gasteiger partial charge in [0.25, 0.3) is 0 Å². The van der Waals surface area contributed by atoms with Crippen LogP contribution in [0.3, 0.4) is 0 Å². The van der Waals surface area contributed by atoms with Crippen LogP contribution < -0.4 is 10.5 Å². The molecule has 1 aromatic rings. The Morgan fingerprint density at radius 3 is 2.43 bits per heavy atom. The standard InChI is InChI=1S/C18H28N2O2.ClH/c1-12-8-14(9-13(2)17(12)22-4)11-20(3)18(21)16-7-5-6-15(16)10-19;/h8-9,15-16H,5-7,10-11,19H2,1-4H3;1H/t15-,16-;/m1./s1. The van der Waals surface area contributed by atoms with Crippen molar-refractivity contribution < 1.29 is 9.53 Å². The first kappa shape index (κ1) is 19.8. The van der Waals surface area contributed by atoms with Crippen LogP contribution in [0.25, 0.3) is 0 Å². The van der Waals surface area contributed by atoms with Crippen molar-refractivity contribution in [2.45, 2.75) is 39.7 Å². The number of amides is 1. The average Bonchev–Trinajstić information content (AvgIpc) is 2.94. The molecular formula is C18H29ClN2O2. The maximum atomic E-state index is 12.7. The van der Waals surface area contributed by atoms with Gasteiger partial charge in [-0.1, -0.05) is 18.6 Å². The molecule has 0 bridgehead atoms. The fraction of sp³-hybridized carbons (Fsp3) is 0.611. The zero-order chi connectivity index (χ0) is 16.3. The summed E-state index contributed by atoms with van der Waals surface area (Å²) in [4.78, 5) is 14.5. The predicted molar refractivity (Wildman–Crippen MR) is 96.1 cm³/mol. The summed E-state index contributed by atoms with van der Waals surface area (Å²) >= 11 is 0. The molecule has 0 heterocycles. The molecule has 0 unspecified atom stereocenters. The fourth-order valence-corrected chi connectivity index (χ4v) is 3.73. The van der Waals surface area contributed by atoms with Gasteiger partial charge in [-0.25, -0.2) is 0 Å². The molecule has 23 heavy (non-hydrogen) atoms. The van der Waals surface area contributed by atoms with Gasteiger partial charge in [0.1, 0.15) is 5.75 Å². The smallest absolute Gasteiger partial charge is 0.226 e. The first-order valence-corrected chi connectivity index (χ1v) is 8.07. The Labute approximate surface area is 145 Å². The lowest BCUT2D eigenvalue weighted by Crippen LogP contribution is -2.36. The van der Waals surface area contributed by atoms with E-state index >= 15 is 0 Å². The van der Waals surface area contributed by atoms with E-state index in [0.29, 0.717) is 19.0 Å². The molecule has 1 aromatic carbocycles. The second kappa shape index (κ2) is 8.55. The number of hydrogen-bond donors (Lipinski definition) is 1. The van der Waals surface area contributed by atoms with E-state index < -0.39 is 0 Å². The summed E-state index contributed by atoms with van der Waals surface area (Å²) in [6.07, 6.45) is 3.18. The number of benzene rings is 1. The number of nitrogens with two attached hydrogens (primary N) is 1. The largest absolute Gasteiger partial charge is 0.496 e. The number of hydrogen-bond acceptors (Lipinski definition) is 3. The first-order chi connectivity index (χ1) is 10.5. The van der Waals surface area contributed by atoms with Crippen LogP contribution in [0, 0.1) is 25.7 Å². The van der Waals surface area contributed by atoms with Crippen LogP contribution in [0.1, 0.15) is 36.0 Å². The highest BCUT2D eigenvalue weighted by Crippen LogP contribution is 2.32. The normalized spacial score (nSPS) is 20.0. The van der Waals surface area contributed by atoms with E-state index in [4.69, 9.17) is 10.5 Å². The maximum absolute atomic E-state index is 12.7. The SMILES string of the molecule is COc1c(C)cc(CN(C)C(=O)[C@@H]2CCC[C@@H]2CN)cc1C.Cl. The molecule has 1 fully saturated rings. The molecule has 4 nitrogen and oxygen atoms in total. The Balaban J connectivity index is 0.00000264. The highest BCUT2D eigenvalue weighted by molar-refractivity contribution is 5.85. The summed E-state index contributed by atoms with van der Waals surface area (Å²) in [5.41, 5.74) is 9.17. The zero-order valence-electron chi connectivity index (χ0n) is 14.6. The van der Waals surface area contributed by atoms with E-state index in [1.807, 2.05) is 25.8 Å². The van der Waals surface area contributed by atoms with Gasteiger partial charge in [0.05, 0.1) is 7.11 Å². The van der Waals surface area contributed by atoms with Gasteiger partial charge in [0, 0.05) is 19.5 Å². The second-order valence-corrected chi connectivity index (χ2v) is 6.49. The summed E-state index contributed by atoms with van der Waals surface area (Å²) in [6, 6.07) is 4.20. The first-order valence-electron chi connectivity index (χ1n) is 8.07.